The Morgan fingerprint density at radius 1 is 1.23 bits per heavy atom. The number of benzene rings is 1. The van der Waals surface area contributed by atoms with Crippen molar-refractivity contribution >= 4 is 17.7 Å². The van der Waals surface area contributed by atoms with Gasteiger partial charge in [-0.05, 0) is 49.3 Å². The van der Waals surface area contributed by atoms with E-state index in [1.165, 1.54) is 5.56 Å². The number of pyridine rings is 1. The van der Waals surface area contributed by atoms with Gasteiger partial charge in [-0.15, -0.1) is 0 Å². The number of hydrogen-bond acceptors (Lipinski definition) is 5. The zero-order chi connectivity index (χ0) is 21.6. The van der Waals surface area contributed by atoms with Crippen LogP contribution in [0.15, 0.2) is 42.5 Å². The average Bonchev–Trinajstić information content (AvgIpc) is 3.22. The van der Waals surface area contributed by atoms with Gasteiger partial charge < -0.3 is 15.7 Å². The Labute approximate surface area is 182 Å². The quantitative estimate of drug-likeness (QED) is 0.606. The molecule has 0 unspecified atom stereocenters. The van der Waals surface area contributed by atoms with E-state index in [0.29, 0.717) is 19.5 Å². The van der Waals surface area contributed by atoms with E-state index in [-0.39, 0.29) is 11.9 Å². The topological polar surface area (TPSA) is 94.6 Å². The molecule has 164 valence electrons. The van der Waals surface area contributed by atoms with Crippen molar-refractivity contribution in [2.75, 3.05) is 25.0 Å². The second kappa shape index (κ2) is 9.92. The normalized spacial score (nSPS) is 19.3. The molecule has 2 aliphatic heterocycles. The third-order valence-corrected chi connectivity index (χ3v) is 6.09. The number of nitrogens with one attached hydrogen (secondary N) is 2. The first-order valence-corrected chi connectivity index (χ1v) is 11.1. The number of likely N-dealkylation sites (tertiary alicyclic amines) is 1. The molecule has 0 bridgehead atoms. The first-order chi connectivity index (χ1) is 15.1. The molecule has 0 aliphatic carbocycles. The predicted molar refractivity (Wildman–Crippen MR) is 119 cm³/mol. The van der Waals surface area contributed by atoms with E-state index >= 15 is 0 Å². The summed E-state index contributed by atoms with van der Waals surface area (Å²) >= 11 is 0. The summed E-state index contributed by atoms with van der Waals surface area (Å²) in [5.41, 5.74) is 3.06. The van der Waals surface area contributed by atoms with E-state index in [0.717, 1.165) is 55.7 Å². The van der Waals surface area contributed by atoms with Crippen molar-refractivity contribution in [2.24, 2.45) is 0 Å². The molecule has 1 aromatic heterocycles. The fraction of sp³-hybridized carbons (Fsp3) is 0.458. The summed E-state index contributed by atoms with van der Waals surface area (Å²) in [5, 5.41) is 16.1. The maximum atomic E-state index is 12.4. The number of aliphatic carboxylic acids is 1. The predicted octanol–water partition coefficient (Wildman–Crippen LogP) is 2.78. The highest BCUT2D eigenvalue weighted by atomic mass is 16.4. The van der Waals surface area contributed by atoms with E-state index in [1.54, 1.807) is 0 Å². The van der Waals surface area contributed by atoms with Gasteiger partial charge >= 0.3 is 5.97 Å². The number of carbonyl (C=O) groups excluding carboxylic acids is 1. The Morgan fingerprint density at radius 3 is 2.87 bits per heavy atom. The molecule has 1 saturated heterocycles. The van der Waals surface area contributed by atoms with Crippen LogP contribution in [0.25, 0.3) is 0 Å². The van der Waals surface area contributed by atoms with E-state index in [9.17, 15) is 14.7 Å². The van der Waals surface area contributed by atoms with E-state index < -0.39 is 12.0 Å². The minimum absolute atomic E-state index is 0.0101. The van der Waals surface area contributed by atoms with Crippen molar-refractivity contribution in [3.05, 3.63) is 59.3 Å². The molecular formula is C24H30N4O3. The lowest BCUT2D eigenvalue weighted by molar-refractivity contribution is -0.143. The Bertz CT molecular complexity index is 918. The first-order valence-electron chi connectivity index (χ1n) is 11.1. The smallest absolute Gasteiger partial charge is 0.325 e. The maximum Gasteiger partial charge on any atom is 0.325 e. The van der Waals surface area contributed by atoms with E-state index in [4.69, 9.17) is 0 Å². The van der Waals surface area contributed by atoms with Gasteiger partial charge in [0.05, 0.1) is 0 Å². The highest BCUT2D eigenvalue weighted by Gasteiger charge is 2.33. The molecule has 31 heavy (non-hydrogen) atoms. The second-order valence-corrected chi connectivity index (χ2v) is 8.39. The lowest BCUT2D eigenvalue weighted by Gasteiger charge is -2.24. The van der Waals surface area contributed by atoms with Gasteiger partial charge in [0.2, 0.25) is 5.91 Å². The SMILES string of the molecule is O=C(CCCc1ccc2c(n1)NCCC2)N[C@@H]1CCN([C@@H](C(=O)O)c2ccccc2)C1. The molecule has 7 heteroatoms. The van der Waals surface area contributed by atoms with Gasteiger partial charge in [-0.25, -0.2) is 4.98 Å². The third-order valence-electron chi connectivity index (χ3n) is 6.09. The molecule has 1 amide bonds. The van der Waals surface area contributed by atoms with Crippen LogP contribution in [0.4, 0.5) is 5.82 Å². The highest BCUT2D eigenvalue weighted by molar-refractivity contribution is 5.77. The number of hydrogen-bond donors (Lipinski definition) is 3. The van der Waals surface area contributed by atoms with Gasteiger partial charge in [-0.1, -0.05) is 36.4 Å². The fourth-order valence-corrected chi connectivity index (χ4v) is 4.52. The van der Waals surface area contributed by atoms with E-state index in [2.05, 4.69) is 27.8 Å². The monoisotopic (exact) mass is 422 g/mol. The van der Waals surface area contributed by atoms with Gasteiger partial charge in [-0.2, -0.15) is 0 Å². The molecule has 0 radical (unpaired) electrons. The van der Waals surface area contributed by atoms with E-state index in [1.807, 2.05) is 35.2 Å². The number of fused-ring (bicyclic) bond motifs is 1. The Morgan fingerprint density at radius 2 is 2.06 bits per heavy atom. The highest BCUT2D eigenvalue weighted by Crippen LogP contribution is 2.25. The summed E-state index contributed by atoms with van der Waals surface area (Å²) in [5.74, 6) is 0.158. The number of aryl methyl sites for hydroxylation is 2. The molecule has 1 aromatic carbocycles. The van der Waals surface area contributed by atoms with Crippen molar-refractivity contribution in [3.63, 3.8) is 0 Å². The van der Waals surface area contributed by atoms with Crippen LogP contribution in [-0.4, -0.2) is 52.5 Å². The van der Waals surface area contributed by atoms with Crippen LogP contribution >= 0.6 is 0 Å². The molecule has 4 rings (SSSR count). The maximum absolute atomic E-state index is 12.4. The van der Waals surface area contributed by atoms with Crippen molar-refractivity contribution in [1.82, 2.24) is 15.2 Å². The lowest BCUT2D eigenvalue weighted by atomic mass is 10.1. The Balaban J connectivity index is 1.24. The minimum atomic E-state index is -0.856. The van der Waals surface area contributed by atoms with Crippen LogP contribution in [0.5, 0.6) is 0 Å². The first kappa shape index (κ1) is 21.3. The summed E-state index contributed by atoms with van der Waals surface area (Å²) in [6.07, 6.45) is 4.95. The molecule has 1 fully saturated rings. The summed E-state index contributed by atoms with van der Waals surface area (Å²) in [7, 11) is 0. The van der Waals surface area contributed by atoms with Gasteiger partial charge in [-0.3, -0.25) is 14.5 Å². The van der Waals surface area contributed by atoms with Crippen LogP contribution in [-0.2, 0) is 22.4 Å². The van der Waals surface area contributed by atoms with Crippen LogP contribution in [0.2, 0.25) is 0 Å². The standard InChI is InChI=1S/C24H30N4O3/c29-21(10-4-9-19-12-11-18-8-5-14-25-23(18)27-19)26-20-13-15-28(16-20)22(24(30)31)17-6-2-1-3-7-17/h1-3,6-7,11-12,20,22H,4-5,8-10,13-16H2,(H,25,27)(H,26,29)(H,30,31)/t20-,22-/m1/s1. The average molecular weight is 423 g/mol. The number of anilines is 1. The molecule has 2 aliphatic rings. The number of carboxylic acid groups (broad SMARTS) is 1. The zero-order valence-corrected chi connectivity index (χ0v) is 17.7. The van der Waals surface area contributed by atoms with Crippen molar-refractivity contribution in [3.8, 4) is 0 Å². The fourth-order valence-electron chi connectivity index (χ4n) is 4.52. The third kappa shape index (κ3) is 5.41. The summed E-state index contributed by atoms with van der Waals surface area (Å²) < 4.78 is 0. The number of carbonyl (C=O) groups is 2. The zero-order valence-electron chi connectivity index (χ0n) is 17.7. The van der Waals surface area contributed by atoms with Crippen molar-refractivity contribution in [2.45, 2.75) is 50.6 Å². The molecule has 0 spiro atoms. The number of nitrogens with zero attached hydrogens (tertiary/aromatic N) is 2. The molecule has 2 aromatic rings. The number of rotatable bonds is 8. The molecule has 2 atom stereocenters. The van der Waals surface area contributed by atoms with Crippen LogP contribution in [0, 0.1) is 0 Å². The van der Waals surface area contributed by atoms with Gasteiger partial charge in [0.1, 0.15) is 11.9 Å². The largest absolute Gasteiger partial charge is 0.480 e. The van der Waals surface area contributed by atoms with Gasteiger partial charge in [0, 0.05) is 37.8 Å². The van der Waals surface area contributed by atoms with Crippen LogP contribution < -0.4 is 10.6 Å². The molecular weight excluding hydrogens is 392 g/mol. The van der Waals surface area contributed by atoms with Crippen LogP contribution in [0.1, 0.15) is 48.5 Å². The molecule has 3 heterocycles. The summed E-state index contributed by atoms with van der Waals surface area (Å²) in [4.78, 5) is 30.9. The Hall–Kier alpha value is -2.93. The molecule has 3 N–H and O–H groups in total. The Kier molecular flexibility index (Phi) is 6.82. The van der Waals surface area contributed by atoms with Crippen molar-refractivity contribution < 1.29 is 14.7 Å². The van der Waals surface area contributed by atoms with Gasteiger partial charge in [0.25, 0.3) is 0 Å². The summed E-state index contributed by atoms with van der Waals surface area (Å²) in [6, 6.07) is 12.8. The second-order valence-electron chi connectivity index (χ2n) is 8.39. The lowest BCUT2D eigenvalue weighted by Crippen LogP contribution is -2.39. The summed E-state index contributed by atoms with van der Waals surface area (Å²) in [6.45, 7) is 2.18. The van der Waals surface area contributed by atoms with Gasteiger partial charge in [0.15, 0.2) is 0 Å². The molecule has 7 nitrogen and oxygen atoms in total. The minimum Gasteiger partial charge on any atom is -0.480 e. The van der Waals surface area contributed by atoms with Crippen LogP contribution in [0.3, 0.4) is 0 Å². The van der Waals surface area contributed by atoms with Crippen molar-refractivity contribution in [1.29, 1.82) is 0 Å². The number of amides is 1. The number of carboxylic acids is 1. The number of aromatic nitrogens is 1. The molecule has 0 saturated carbocycles.